The van der Waals surface area contributed by atoms with E-state index >= 15 is 0 Å². The normalized spacial score (nSPS) is 13.1. The van der Waals surface area contributed by atoms with Crippen molar-refractivity contribution < 1.29 is 28.6 Å². The Morgan fingerprint density at radius 2 is 0.597 bits per heavy atom. The Morgan fingerprint density at radius 3 is 1.00 bits per heavy atom. The number of hydrogen-bond acceptors (Lipinski definition) is 6. The summed E-state index contributed by atoms with van der Waals surface area (Å²) < 4.78 is 16.7. The van der Waals surface area contributed by atoms with Crippen molar-refractivity contribution in [2.24, 2.45) is 0 Å². The Balaban J connectivity index is 4.31. The molecule has 0 N–H and O–H groups in total. The Morgan fingerprint density at radius 1 is 0.313 bits per heavy atom. The molecule has 6 heteroatoms. The molecule has 0 aromatic rings. The summed E-state index contributed by atoms with van der Waals surface area (Å²) in [5.41, 5.74) is 0. The molecule has 0 rings (SSSR count). The first-order valence-electron chi connectivity index (χ1n) is 27.0. The van der Waals surface area contributed by atoms with Crippen molar-refractivity contribution in [2.45, 2.75) is 232 Å². The van der Waals surface area contributed by atoms with E-state index in [1.165, 1.54) is 64.2 Å². The van der Waals surface area contributed by atoms with Crippen molar-refractivity contribution in [2.75, 3.05) is 13.2 Å². The standard InChI is InChI=1S/C61H98O6/c1-4-7-10-13-16-18-20-22-23-24-25-26-27-28-29-30-31-32-33-34-35-36-37-39-40-42-45-48-51-54-60(63)66-57-58(56-65-59(62)53-50-47-44-15-12-9-6-3)67-61(64)55-52-49-46-43-41-38-21-19-17-14-11-8-5-2/h7,10,16,18-19,21-23,25-26,28-29,31-32,34-35,37,39,42,45,58H,4-6,8-9,11-15,17,20,24,27,30,33,36,38,40-41,43-44,46-57H2,1-3H3/b10-7-,18-16-,21-19-,23-22-,26-25-,29-28-,32-31-,35-34-,39-37-,45-42-. The molecule has 0 aliphatic rings. The van der Waals surface area contributed by atoms with Crippen LogP contribution in [-0.4, -0.2) is 37.2 Å². The van der Waals surface area contributed by atoms with E-state index in [1.54, 1.807) is 0 Å². The predicted octanol–water partition coefficient (Wildman–Crippen LogP) is 18.1. The number of rotatable bonds is 47. The first-order valence-corrected chi connectivity index (χ1v) is 27.0. The average molecular weight is 927 g/mol. The molecule has 0 aliphatic carbocycles. The van der Waals surface area contributed by atoms with Gasteiger partial charge in [-0.15, -0.1) is 0 Å². The molecule has 0 radical (unpaired) electrons. The lowest BCUT2D eigenvalue weighted by Crippen LogP contribution is -2.30. The summed E-state index contributed by atoms with van der Waals surface area (Å²) >= 11 is 0. The van der Waals surface area contributed by atoms with E-state index < -0.39 is 6.10 Å². The van der Waals surface area contributed by atoms with Crippen LogP contribution in [0.5, 0.6) is 0 Å². The highest BCUT2D eigenvalue weighted by atomic mass is 16.6. The van der Waals surface area contributed by atoms with Crippen molar-refractivity contribution in [1.29, 1.82) is 0 Å². The number of esters is 3. The minimum absolute atomic E-state index is 0.101. The third-order valence-electron chi connectivity index (χ3n) is 11.0. The second-order valence-corrected chi connectivity index (χ2v) is 17.4. The van der Waals surface area contributed by atoms with Gasteiger partial charge in [0.2, 0.25) is 0 Å². The summed E-state index contributed by atoms with van der Waals surface area (Å²) in [6.45, 7) is 6.39. The molecular weight excluding hydrogens is 829 g/mol. The monoisotopic (exact) mass is 927 g/mol. The third-order valence-corrected chi connectivity index (χ3v) is 11.0. The second-order valence-electron chi connectivity index (χ2n) is 17.4. The fourth-order valence-electron chi connectivity index (χ4n) is 6.91. The number of allylic oxidation sites excluding steroid dienone is 20. The zero-order valence-corrected chi connectivity index (χ0v) is 43.1. The molecule has 0 amide bonds. The fraction of sp³-hybridized carbons (Fsp3) is 0.623. The smallest absolute Gasteiger partial charge is 0.306 e. The minimum Gasteiger partial charge on any atom is -0.462 e. The summed E-state index contributed by atoms with van der Waals surface area (Å²) in [5.74, 6) is -0.987. The maximum absolute atomic E-state index is 12.7. The highest BCUT2D eigenvalue weighted by Gasteiger charge is 2.19. The van der Waals surface area contributed by atoms with E-state index in [2.05, 4.69) is 142 Å². The average Bonchev–Trinajstić information content (AvgIpc) is 3.33. The van der Waals surface area contributed by atoms with Crippen molar-refractivity contribution >= 4 is 17.9 Å². The summed E-state index contributed by atoms with van der Waals surface area (Å²) in [4.78, 5) is 37.8. The Kier molecular flexibility index (Phi) is 51.0. The zero-order chi connectivity index (χ0) is 48.6. The molecule has 0 saturated heterocycles. The van der Waals surface area contributed by atoms with Crippen LogP contribution < -0.4 is 0 Å². The second kappa shape index (κ2) is 54.4. The number of ether oxygens (including phenoxy) is 3. The quantitative estimate of drug-likeness (QED) is 0.0262. The molecule has 0 bridgehead atoms. The van der Waals surface area contributed by atoms with Gasteiger partial charge in [-0.1, -0.05) is 219 Å². The Hall–Kier alpha value is -4.19. The van der Waals surface area contributed by atoms with Crippen LogP contribution in [0, 0.1) is 0 Å². The Bertz CT molecular complexity index is 1440. The highest BCUT2D eigenvalue weighted by molar-refractivity contribution is 5.71. The van der Waals surface area contributed by atoms with Gasteiger partial charge in [-0.25, -0.2) is 0 Å². The van der Waals surface area contributed by atoms with Crippen molar-refractivity contribution in [1.82, 2.24) is 0 Å². The molecule has 67 heavy (non-hydrogen) atoms. The molecule has 6 nitrogen and oxygen atoms in total. The lowest BCUT2D eigenvalue weighted by Gasteiger charge is -2.18. The van der Waals surface area contributed by atoms with Gasteiger partial charge in [-0.2, -0.15) is 0 Å². The van der Waals surface area contributed by atoms with Gasteiger partial charge in [-0.05, 0) is 109 Å². The molecule has 0 spiro atoms. The van der Waals surface area contributed by atoms with Crippen LogP contribution in [0.4, 0.5) is 0 Å². The first kappa shape index (κ1) is 62.8. The predicted molar refractivity (Wildman–Crippen MR) is 288 cm³/mol. The van der Waals surface area contributed by atoms with Crippen LogP contribution in [0.15, 0.2) is 122 Å². The van der Waals surface area contributed by atoms with Gasteiger partial charge in [-0.3, -0.25) is 14.4 Å². The molecule has 1 atom stereocenters. The maximum atomic E-state index is 12.7. The van der Waals surface area contributed by atoms with Crippen LogP contribution in [-0.2, 0) is 28.6 Å². The molecule has 0 heterocycles. The van der Waals surface area contributed by atoms with Crippen LogP contribution in [0.3, 0.4) is 0 Å². The molecule has 1 unspecified atom stereocenters. The lowest BCUT2D eigenvalue weighted by molar-refractivity contribution is -0.167. The molecule has 0 fully saturated rings. The topological polar surface area (TPSA) is 78.9 Å². The van der Waals surface area contributed by atoms with Crippen molar-refractivity contribution in [3.05, 3.63) is 122 Å². The van der Waals surface area contributed by atoms with Crippen LogP contribution in [0.25, 0.3) is 0 Å². The molecule has 0 aromatic carbocycles. The molecule has 0 aromatic heterocycles. The Labute approximate surface area is 412 Å². The van der Waals surface area contributed by atoms with Gasteiger partial charge in [0, 0.05) is 19.3 Å². The number of carbonyl (C=O) groups is 3. The van der Waals surface area contributed by atoms with Gasteiger partial charge in [0.15, 0.2) is 6.10 Å². The van der Waals surface area contributed by atoms with Crippen LogP contribution in [0.2, 0.25) is 0 Å². The third kappa shape index (κ3) is 52.6. The van der Waals surface area contributed by atoms with Gasteiger partial charge < -0.3 is 14.2 Å². The van der Waals surface area contributed by atoms with E-state index in [1.807, 2.05) is 0 Å². The van der Waals surface area contributed by atoms with Gasteiger partial charge >= 0.3 is 17.9 Å². The molecular formula is C61H98O6. The maximum Gasteiger partial charge on any atom is 0.306 e. The van der Waals surface area contributed by atoms with Gasteiger partial charge in [0.1, 0.15) is 13.2 Å². The van der Waals surface area contributed by atoms with E-state index in [-0.39, 0.29) is 37.5 Å². The summed E-state index contributed by atoms with van der Waals surface area (Å²) in [7, 11) is 0. The van der Waals surface area contributed by atoms with E-state index in [0.29, 0.717) is 19.3 Å². The summed E-state index contributed by atoms with van der Waals surface area (Å²) in [6, 6.07) is 0. The zero-order valence-electron chi connectivity index (χ0n) is 43.1. The van der Waals surface area contributed by atoms with E-state index in [4.69, 9.17) is 14.2 Å². The van der Waals surface area contributed by atoms with Crippen molar-refractivity contribution in [3.8, 4) is 0 Å². The number of unbranched alkanes of at least 4 members (excludes halogenated alkanes) is 16. The molecule has 0 aliphatic heterocycles. The van der Waals surface area contributed by atoms with Crippen molar-refractivity contribution in [3.63, 3.8) is 0 Å². The lowest BCUT2D eigenvalue weighted by atomic mass is 10.1. The fourth-order valence-corrected chi connectivity index (χ4v) is 6.91. The molecule has 0 saturated carbocycles. The van der Waals surface area contributed by atoms with E-state index in [9.17, 15) is 14.4 Å². The molecule has 378 valence electrons. The van der Waals surface area contributed by atoms with Gasteiger partial charge in [0.25, 0.3) is 0 Å². The minimum atomic E-state index is -0.804. The number of hydrogen-bond donors (Lipinski definition) is 0. The highest BCUT2D eigenvalue weighted by Crippen LogP contribution is 2.13. The largest absolute Gasteiger partial charge is 0.462 e. The van der Waals surface area contributed by atoms with Crippen LogP contribution >= 0.6 is 0 Å². The van der Waals surface area contributed by atoms with Crippen LogP contribution in [0.1, 0.15) is 226 Å². The van der Waals surface area contributed by atoms with E-state index in [0.717, 1.165) is 116 Å². The first-order chi connectivity index (χ1) is 33.0. The van der Waals surface area contributed by atoms with Gasteiger partial charge in [0.05, 0.1) is 0 Å². The summed E-state index contributed by atoms with van der Waals surface area (Å²) in [6.07, 6.45) is 75.0. The number of carbonyl (C=O) groups excluding carboxylic acids is 3. The summed E-state index contributed by atoms with van der Waals surface area (Å²) in [5, 5.41) is 0. The SMILES string of the molecule is CC/C=C\C/C=C\C/C=C\C/C=C\C/C=C\C/C=C\C/C=C\C/C=C\C/C=C\CCCC(=O)OCC(COC(=O)CCCCCCCCC)OC(=O)CCCCCCC/C=C\CCCCCC.